The molecule has 2 heterocycles. The Morgan fingerprint density at radius 1 is 1.03 bits per heavy atom. The highest BCUT2D eigenvalue weighted by atomic mass is 79.9. The van der Waals surface area contributed by atoms with E-state index in [1.807, 2.05) is 12.1 Å². The van der Waals surface area contributed by atoms with Crippen molar-refractivity contribution in [2.24, 2.45) is 0 Å². The number of nitrogens with zero attached hydrogens (tertiary/aromatic N) is 3. The second-order valence-corrected chi connectivity index (χ2v) is 9.49. The molecule has 0 aliphatic carbocycles. The van der Waals surface area contributed by atoms with E-state index in [1.54, 1.807) is 47.2 Å². The molecule has 1 aromatic heterocycles. The molecule has 30 heavy (non-hydrogen) atoms. The summed E-state index contributed by atoms with van der Waals surface area (Å²) in [5, 5.41) is 2.78. The Morgan fingerprint density at radius 3 is 2.37 bits per heavy atom. The number of halogens is 1. The van der Waals surface area contributed by atoms with E-state index in [0.29, 0.717) is 37.7 Å². The predicted molar refractivity (Wildman–Crippen MR) is 115 cm³/mol. The van der Waals surface area contributed by atoms with Gasteiger partial charge in [-0.25, -0.2) is 13.4 Å². The van der Waals surface area contributed by atoms with E-state index >= 15 is 0 Å². The molecule has 3 aromatic rings. The van der Waals surface area contributed by atoms with E-state index in [2.05, 4.69) is 26.2 Å². The summed E-state index contributed by atoms with van der Waals surface area (Å²) >= 11 is 3.35. The largest absolute Gasteiger partial charge is 0.379 e. The van der Waals surface area contributed by atoms with Gasteiger partial charge in [0, 0.05) is 35.1 Å². The fourth-order valence-corrected chi connectivity index (χ4v) is 4.71. The van der Waals surface area contributed by atoms with Gasteiger partial charge in [-0.1, -0.05) is 15.9 Å². The van der Waals surface area contributed by atoms with Crippen molar-refractivity contribution in [2.45, 2.75) is 4.90 Å². The Balaban J connectivity index is 1.48. The van der Waals surface area contributed by atoms with Gasteiger partial charge in [-0.2, -0.15) is 4.31 Å². The minimum atomic E-state index is -3.55. The normalized spacial score (nSPS) is 15.1. The van der Waals surface area contributed by atoms with E-state index in [1.165, 1.54) is 10.6 Å². The second kappa shape index (κ2) is 8.68. The molecule has 1 N–H and O–H groups in total. The number of amides is 1. The first-order valence-corrected chi connectivity index (χ1v) is 11.5. The minimum absolute atomic E-state index is 0.224. The molecule has 1 aliphatic rings. The van der Waals surface area contributed by atoms with Gasteiger partial charge >= 0.3 is 0 Å². The minimum Gasteiger partial charge on any atom is -0.379 e. The highest BCUT2D eigenvalue weighted by Crippen LogP contribution is 2.20. The van der Waals surface area contributed by atoms with Crippen molar-refractivity contribution >= 4 is 37.5 Å². The zero-order chi connectivity index (χ0) is 21.1. The molecule has 4 rings (SSSR count). The Bertz CT molecular complexity index is 1140. The van der Waals surface area contributed by atoms with Crippen LogP contribution in [0.15, 0.2) is 70.4 Å². The lowest BCUT2D eigenvalue weighted by Gasteiger charge is -2.26. The summed E-state index contributed by atoms with van der Waals surface area (Å²) in [6.07, 6.45) is 3.11. The lowest BCUT2D eigenvalue weighted by atomic mass is 10.3. The molecule has 0 unspecified atom stereocenters. The molecule has 0 bridgehead atoms. The molecule has 1 aliphatic heterocycles. The first-order valence-electron chi connectivity index (χ1n) is 9.23. The number of sulfonamides is 1. The maximum absolute atomic E-state index is 12.7. The second-order valence-electron chi connectivity index (χ2n) is 6.64. The maximum atomic E-state index is 12.7. The van der Waals surface area contributed by atoms with Crippen LogP contribution in [0.1, 0.15) is 10.5 Å². The number of carbonyl (C=O) groups is 1. The zero-order valence-electron chi connectivity index (χ0n) is 15.9. The van der Waals surface area contributed by atoms with E-state index in [4.69, 9.17) is 4.74 Å². The third kappa shape index (κ3) is 4.46. The maximum Gasteiger partial charge on any atom is 0.275 e. The van der Waals surface area contributed by atoms with Gasteiger partial charge in [0.25, 0.3) is 5.91 Å². The Labute approximate surface area is 182 Å². The van der Waals surface area contributed by atoms with E-state index in [0.717, 1.165) is 4.47 Å². The summed E-state index contributed by atoms with van der Waals surface area (Å²) in [6, 6.07) is 13.7. The monoisotopic (exact) mass is 490 g/mol. The van der Waals surface area contributed by atoms with Crippen LogP contribution in [-0.2, 0) is 14.8 Å². The highest BCUT2D eigenvalue weighted by Gasteiger charge is 2.26. The smallest absolute Gasteiger partial charge is 0.275 e. The summed E-state index contributed by atoms with van der Waals surface area (Å²) in [5.41, 5.74) is 1.62. The number of anilines is 1. The van der Waals surface area contributed by atoms with Gasteiger partial charge in [-0.15, -0.1) is 0 Å². The van der Waals surface area contributed by atoms with Gasteiger partial charge in [-0.05, 0) is 48.5 Å². The van der Waals surface area contributed by atoms with E-state index in [9.17, 15) is 13.2 Å². The van der Waals surface area contributed by atoms with Crippen LogP contribution < -0.4 is 5.32 Å². The van der Waals surface area contributed by atoms with Gasteiger partial charge in [0.1, 0.15) is 12.0 Å². The molecular weight excluding hydrogens is 472 g/mol. The van der Waals surface area contributed by atoms with E-state index < -0.39 is 10.0 Å². The quantitative estimate of drug-likeness (QED) is 0.593. The van der Waals surface area contributed by atoms with Crippen LogP contribution in [0, 0.1) is 0 Å². The van der Waals surface area contributed by atoms with Gasteiger partial charge in [0.2, 0.25) is 10.0 Å². The summed E-state index contributed by atoms with van der Waals surface area (Å²) in [6.45, 7) is 1.50. The third-order valence-corrected chi connectivity index (χ3v) is 7.10. The number of benzene rings is 2. The highest BCUT2D eigenvalue weighted by molar-refractivity contribution is 9.10. The van der Waals surface area contributed by atoms with Crippen molar-refractivity contribution in [1.29, 1.82) is 0 Å². The standard InChI is InChI=1S/C20H19BrN4O4S/c21-15-1-3-16(4-2-15)23-20(26)19-13-24(14-22-19)17-5-7-18(8-6-17)30(27,28)25-9-11-29-12-10-25/h1-8,13-14H,9-12H2,(H,23,26). The van der Waals surface area contributed by atoms with Crippen LogP contribution in [-0.4, -0.2) is 54.5 Å². The molecule has 1 amide bonds. The van der Waals surface area contributed by atoms with Crippen LogP contribution in [0.2, 0.25) is 0 Å². The van der Waals surface area contributed by atoms with Crippen molar-refractivity contribution in [2.75, 3.05) is 31.6 Å². The van der Waals surface area contributed by atoms with Gasteiger partial charge < -0.3 is 14.6 Å². The number of morpholine rings is 1. The van der Waals surface area contributed by atoms with E-state index in [-0.39, 0.29) is 16.5 Å². The number of hydrogen-bond donors (Lipinski definition) is 1. The van der Waals surface area contributed by atoms with Crippen LogP contribution in [0.3, 0.4) is 0 Å². The first-order chi connectivity index (χ1) is 14.4. The number of carbonyl (C=O) groups excluding carboxylic acids is 1. The Morgan fingerprint density at radius 2 is 1.70 bits per heavy atom. The average Bonchev–Trinajstić information content (AvgIpc) is 3.27. The molecule has 156 valence electrons. The number of nitrogens with one attached hydrogen (secondary N) is 1. The number of hydrogen-bond acceptors (Lipinski definition) is 5. The molecule has 0 saturated carbocycles. The topological polar surface area (TPSA) is 93.5 Å². The lowest BCUT2D eigenvalue weighted by molar-refractivity contribution is 0.0730. The van der Waals surface area contributed by atoms with Gasteiger partial charge in [0.15, 0.2) is 0 Å². The van der Waals surface area contributed by atoms with Crippen LogP contribution >= 0.6 is 15.9 Å². The fraction of sp³-hybridized carbons (Fsp3) is 0.200. The van der Waals surface area contributed by atoms with Crippen molar-refractivity contribution in [1.82, 2.24) is 13.9 Å². The zero-order valence-corrected chi connectivity index (χ0v) is 18.3. The number of aromatic nitrogens is 2. The number of ether oxygens (including phenoxy) is 1. The molecule has 2 aromatic carbocycles. The Hall–Kier alpha value is -2.53. The summed E-state index contributed by atoms with van der Waals surface area (Å²) in [7, 11) is -3.55. The summed E-state index contributed by atoms with van der Waals surface area (Å²) in [4.78, 5) is 16.8. The number of rotatable bonds is 5. The molecule has 8 nitrogen and oxygen atoms in total. The fourth-order valence-electron chi connectivity index (χ4n) is 3.04. The van der Waals surface area contributed by atoms with Gasteiger partial charge in [-0.3, -0.25) is 4.79 Å². The molecule has 0 radical (unpaired) electrons. The molecule has 0 spiro atoms. The van der Waals surface area contributed by atoms with Crippen LogP contribution in [0.25, 0.3) is 5.69 Å². The van der Waals surface area contributed by atoms with Gasteiger partial charge in [0.05, 0.1) is 18.1 Å². The molecular formula is C20H19BrN4O4S. The third-order valence-electron chi connectivity index (χ3n) is 4.66. The average molecular weight is 491 g/mol. The predicted octanol–water partition coefficient (Wildman–Crippen LogP) is 2.91. The van der Waals surface area contributed by atoms with Crippen LogP contribution in [0.5, 0.6) is 0 Å². The number of imidazole rings is 1. The first kappa shape index (κ1) is 20.7. The van der Waals surface area contributed by atoms with Crippen LogP contribution in [0.4, 0.5) is 5.69 Å². The van der Waals surface area contributed by atoms with Crippen molar-refractivity contribution in [3.8, 4) is 5.69 Å². The molecule has 1 saturated heterocycles. The summed E-state index contributed by atoms with van der Waals surface area (Å²) < 4.78 is 34.7. The SMILES string of the molecule is O=C(Nc1ccc(Br)cc1)c1cn(-c2ccc(S(=O)(=O)N3CCOCC3)cc2)cn1. The summed E-state index contributed by atoms with van der Waals surface area (Å²) in [5.74, 6) is -0.331. The lowest BCUT2D eigenvalue weighted by Crippen LogP contribution is -2.40. The van der Waals surface area contributed by atoms with Crippen molar-refractivity contribution < 1.29 is 17.9 Å². The molecule has 0 atom stereocenters. The van der Waals surface area contributed by atoms with Crippen molar-refractivity contribution in [3.63, 3.8) is 0 Å². The molecule has 10 heteroatoms. The molecule has 1 fully saturated rings. The van der Waals surface area contributed by atoms with Crippen molar-refractivity contribution in [3.05, 3.63) is 71.2 Å². The Kier molecular flexibility index (Phi) is 6.00.